The first kappa shape index (κ1) is 14.0. The zero-order valence-corrected chi connectivity index (χ0v) is 12.1. The lowest BCUT2D eigenvalue weighted by molar-refractivity contribution is 0.0978. The van der Waals surface area contributed by atoms with E-state index >= 15 is 0 Å². The molecule has 1 amide bonds. The molecule has 0 aliphatic carbocycles. The van der Waals surface area contributed by atoms with E-state index in [0.29, 0.717) is 17.9 Å². The minimum atomic E-state index is -0.173. The number of anilines is 1. The number of amides is 1. The monoisotopic (exact) mass is 293 g/mol. The van der Waals surface area contributed by atoms with Crippen molar-refractivity contribution in [1.82, 2.24) is 10.1 Å². The highest BCUT2D eigenvalue weighted by atomic mass is 16.5. The van der Waals surface area contributed by atoms with Gasteiger partial charge in [-0.2, -0.15) is 4.98 Å². The maximum atomic E-state index is 12.8. The molecule has 3 aromatic rings. The highest BCUT2D eigenvalue weighted by Crippen LogP contribution is 2.18. The van der Waals surface area contributed by atoms with Gasteiger partial charge in [0.05, 0.1) is 6.54 Å². The highest BCUT2D eigenvalue weighted by molar-refractivity contribution is 6.04. The smallest absolute Gasteiger partial charge is 0.315 e. The van der Waals surface area contributed by atoms with Crippen LogP contribution in [0.4, 0.5) is 6.01 Å². The summed E-state index contributed by atoms with van der Waals surface area (Å²) in [5.41, 5.74) is 1.57. The molecular weight excluding hydrogens is 278 g/mol. The maximum Gasteiger partial charge on any atom is 0.331 e. The number of aryl methyl sites for hydroxylation is 1. The van der Waals surface area contributed by atoms with Crippen molar-refractivity contribution in [1.29, 1.82) is 0 Å². The van der Waals surface area contributed by atoms with Gasteiger partial charge in [-0.3, -0.25) is 9.69 Å². The summed E-state index contributed by atoms with van der Waals surface area (Å²) >= 11 is 0. The summed E-state index contributed by atoms with van der Waals surface area (Å²) in [6, 6.07) is 19.0. The zero-order chi connectivity index (χ0) is 15.4. The summed E-state index contributed by atoms with van der Waals surface area (Å²) < 4.78 is 5.19. The summed E-state index contributed by atoms with van der Waals surface area (Å²) in [4.78, 5) is 18.4. The Hall–Kier alpha value is -2.95. The van der Waals surface area contributed by atoms with Gasteiger partial charge in [0.15, 0.2) is 5.82 Å². The van der Waals surface area contributed by atoms with E-state index in [0.717, 1.165) is 5.56 Å². The van der Waals surface area contributed by atoms with Crippen LogP contribution in [-0.2, 0) is 6.54 Å². The SMILES string of the molecule is Cc1noc(N(Cc2ccccc2)C(=O)c2ccccc2)n1. The molecule has 110 valence electrons. The van der Waals surface area contributed by atoms with Gasteiger partial charge < -0.3 is 4.52 Å². The van der Waals surface area contributed by atoms with E-state index in [9.17, 15) is 4.79 Å². The molecule has 0 saturated carbocycles. The molecule has 0 spiro atoms. The number of carbonyl (C=O) groups is 1. The van der Waals surface area contributed by atoms with Crippen molar-refractivity contribution in [3.63, 3.8) is 0 Å². The lowest BCUT2D eigenvalue weighted by atomic mass is 10.1. The van der Waals surface area contributed by atoms with E-state index in [1.165, 1.54) is 4.90 Å². The number of aromatic nitrogens is 2. The molecule has 3 rings (SSSR count). The fourth-order valence-corrected chi connectivity index (χ4v) is 2.12. The third-order valence-electron chi connectivity index (χ3n) is 3.20. The third kappa shape index (κ3) is 3.03. The Morgan fingerprint density at radius 1 is 1.05 bits per heavy atom. The Labute approximate surface area is 128 Å². The lowest BCUT2D eigenvalue weighted by Gasteiger charge is -2.18. The van der Waals surface area contributed by atoms with Gasteiger partial charge in [-0.05, 0) is 24.6 Å². The van der Waals surface area contributed by atoms with Gasteiger partial charge in [-0.1, -0.05) is 53.7 Å². The molecule has 0 aliphatic rings. The number of hydrogen-bond donors (Lipinski definition) is 0. The van der Waals surface area contributed by atoms with E-state index in [-0.39, 0.29) is 11.9 Å². The fourth-order valence-electron chi connectivity index (χ4n) is 2.12. The van der Waals surface area contributed by atoms with Crippen LogP contribution < -0.4 is 4.90 Å². The van der Waals surface area contributed by atoms with Crippen molar-refractivity contribution >= 4 is 11.9 Å². The zero-order valence-electron chi connectivity index (χ0n) is 12.1. The van der Waals surface area contributed by atoms with Crippen molar-refractivity contribution < 1.29 is 9.32 Å². The van der Waals surface area contributed by atoms with E-state index in [2.05, 4.69) is 10.1 Å². The Bertz CT molecular complexity index is 754. The van der Waals surface area contributed by atoms with E-state index in [1.807, 2.05) is 48.5 Å². The molecule has 0 atom stereocenters. The van der Waals surface area contributed by atoms with E-state index < -0.39 is 0 Å². The molecule has 1 heterocycles. The van der Waals surface area contributed by atoms with Crippen LogP contribution in [0.5, 0.6) is 0 Å². The second-order valence-corrected chi connectivity index (χ2v) is 4.87. The first-order valence-electron chi connectivity index (χ1n) is 6.95. The van der Waals surface area contributed by atoms with Crippen LogP contribution in [0.3, 0.4) is 0 Å². The molecule has 0 aliphatic heterocycles. The number of hydrogen-bond acceptors (Lipinski definition) is 4. The predicted molar refractivity (Wildman–Crippen MR) is 82.4 cm³/mol. The number of rotatable bonds is 4. The largest absolute Gasteiger partial charge is 0.331 e. The minimum Gasteiger partial charge on any atom is -0.315 e. The van der Waals surface area contributed by atoms with Gasteiger partial charge in [-0.25, -0.2) is 0 Å². The lowest BCUT2D eigenvalue weighted by Crippen LogP contribution is -2.30. The number of benzene rings is 2. The Morgan fingerprint density at radius 3 is 2.27 bits per heavy atom. The van der Waals surface area contributed by atoms with Crippen LogP contribution in [0.1, 0.15) is 21.7 Å². The average Bonchev–Trinajstić information content (AvgIpc) is 3.00. The fraction of sp³-hybridized carbons (Fsp3) is 0.118. The first-order chi connectivity index (χ1) is 10.7. The molecule has 0 unspecified atom stereocenters. The Kier molecular flexibility index (Phi) is 3.96. The second kappa shape index (κ2) is 6.22. The van der Waals surface area contributed by atoms with E-state index in [4.69, 9.17) is 4.52 Å². The summed E-state index contributed by atoms with van der Waals surface area (Å²) in [7, 11) is 0. The maximum absolute atomic E-state index is 12.8. The second-order valence-electron chi connectivity index (χ2n) is 4.87. The normalized spacial score (nSPS) is 10.4. The molecule has 0 fully saturated rings. The number of carbonyl (C=O) groups excluding carboxylic acids is 1. The van der Waals surface area contributed by atoms with Crippen molar-refractivity contribution in [3.8, 4) is 0 Å². The van der Waals surface area contributed by atoms with Crippen LogP contribution in [0.2, 0.25) is 0 Å². The predicted octanol–water partition coefficient (Wildman–Crippen LogP) is 3.23. The molecule has 5 nitrogen and oxygen atoms in total. The molecule has 0 bridgehead atoms. The summed E-state index contributed by atoms with van der Waals surface area (Å²) in [5.74, 6) is 0.321. The van der Waals surface area contributed by atoms with Crippen LogP contribution >= 0.6 is 0 Å². The minimum absolute atomic E-state index is 0.173. The standard InChI is InChI=1S/C17H15N3O2/c1-13-18-17(22-19-13)20(12-14-8-4-2-5-9-14)16(21)15-10-6-3-7-11-15/h2-11H,12H2,1H3. The highest BCUT2D eigenvalue weighted by Gasteiger charge is 2.22. The van der Waals surface area contributed by atoms with Gasteiger partial charge in [0.2, 0.25) is 0 Å². The van der Waals surface area contributed by atoms with Crippen LogP contribution in [0.25, 0.3) is 0 Å². The first-order valence-corrected chi connectivity index (χ1v) is 6.95. The number of nitrogens with zero attached hydrogens (tertiary/aromatic N) is 3. The molecule has 2 aromatic carbocycles. The van der Waals surface area contributed by atoms with Gasteiger partial charge in [-0.15, -0.1) is 0 Å². The van der Waals surface area contributed by atoms with Crippen molar-refractivity contribution in [2.45, 2.75) is 13.5 Å². The molecule has 0 saturated heterocycles. The van der Waals surface area contributed by atoms with Gasteiger partial charge >= 0.3 is 6.01 Å². The molecule has 0 N–H and O–H groups in total. The van der Waals surface area contributed by atoms with E-state index in [1.54, 1.807) is 19.1 Å². The van der Waals surface area contributed by atoms with Crippen molar-refractivity contribution in [2.75, 3.05) is 4.90 Å². The Balaban J connectivity index is 1.94. The van der Waals surface area contributed by atoms with Crippen LogP contribution in [0, 0.1) is 6.92 Å². The topological polar surface area (TPSA) is 59.2 Å². The quantitative estimate of drug-likeness (QED) is 0.741. The van der Waals surface area contributed by atoms with Gasteiger partial charge in [0.25, 0.3) is 5.91 Å². The summed E-state index contributed by atoms with van der Waals surface area (Å²) in [5, 5.41) is 3.78. The van der Waals surface area contributed by atoms with Crippen molar-refractivity contribution in [2.24, 2.45) is 0 Å². The molecule has 22 heavy (non-hydrogen) atoms. The Morgan fingerprint density at radius 2 is 1.68 bits per heavy atom. The summed E-state index contributed by atoms with van der Waals surface area (Å²) in [6.45, 7) is 2.09. The van der Waals surface area contributed by atoms with Crippen LogP contribution in [-0.4, -0.2) is 16.0 Å². The average molecular weight is 293 g/mol. The van der Waals surface area contributed by atoms with Gasteiger partial charge in [0, 0.05) is 5.56 Å². The van der Waals surface area contributed by atoms with Crippen LogP contribution in [0.15, 0.2) is 65.2 Å². The molecule has 0 radical (unpaired) electrons. The third-order valence-corrected chi connectivity index (χ3v) is 3.20. The molecular formula is C17H15N3O2. The van der Waals surface area contributed by atoms with Gasteiger partial charge in [0.1, 0.15) is 0 Å². The van der Waals surface area contributed by atoms with Crippen molar-refractivity contribution in [3.05, 3.63) is 77.6 Å². The molecule has 1 aromatic heterocycles. The summed E-state index contributed by atoms with van der Waals surface area (Å²) in [6.07, 6.45) is 0. The molecule has 5 heteroatoms.